The molecule has 4 nitrogen and oxygen atoms in total. The van der Waals surface area contributed by atoms with Gasteiger partial charge in [-0.05, 0) is 158 Å². The van der Waals surface area contributed by atoms with Crippen molar-refractivity contribution in [2.24, 2.45) is 0 Å². The van der Waals surface area contributed by atoms with Crippen molar-refractivity contribution in [1.29, 1.82) is 0 Å². The van der Waals surface area contributed by atoms with Crippen LogP contribution in [0.3, 0.4) is 0 Å². The van der Waals surface area contributed by atoms with Gasteiger partial charge in [0, 0.05) is 76.7 Å². The number of hydrogen-bond donors (Lipinski definition) is 0. The molecule has 0 amide bonds. The van der Waals surface area contributed by atoms with Crippen LogP contribution < -0.4 is 9.80 Å². The minimum Gasteiger partial charge on any atom is -0.310 e. The summed E-state index contributed by atoms with van der Waals surface area (Å²) in [5, 5.41) is 10.1. The van der Waals surface area contributed by atoms with Crippen molar-refractivity contribution in [1.82, 2.24) is 8.80 Å². The molecule has 4 heteroatoms. The highest BCUT2D eigenvalue weighted by Crippen LogP contribution is 2.57. The maximum absolute atomic E-state index is 2.63. The summed E-state index contributed by atoms with van der Waals surface area (Å²) in [7, 11) is 0. The van der Waals surface area contributed by atoms with Crippen molar-refractivity contribution in [3.05, 3.63) is 337 Å². The van der Waals surface area contributed by atoms with E-state index in [1.165, 1.54) is 149 Å². The van der Waals surface area contributed by atoms with Crippen LogP contribution in [0.1, 0.15) is 48.6 Å². The molecule has 94 heavy (non-hydrogen) atoms. The maximum Gasteiger partial charge on any atom is 0.0641 e. The van der Waals surface area contributed by atoms with Crippen LogP contribution in [-0.4, -0.2) is 8.80 Å². The van der Waals surface area contributed by atoms with E-state index in [4.69, 9.17) is 0 Å². The Labute approximate surface area is 545 Å². The molecule has 1 atom stereocenters. The molecule has 0 bridgehead atoms. The van der Waals surface area contributed by atoms with E-state index in [1.807, 2.05) is 0 Å². The topological polar surface area (TPSA) is 15.3 Å². The first-order valence-corrected chi connectivity index (χ1v) is 33.0. The van der Waals surface area contributed by atoms with E-state index in [0.717, 1.165) is 40.5 Å². The first-order valence-electron chi connectivity index (χ1n) is 33.0. The maximum atomic E-state index is 2.63. The molecule has 4 heterocycles. The van der Waals surface area contributed by atoms with Gasteiger partial charge in [0.2, 0.25) is 0 Å². The molecule has 0 N–H and O–H groups in total. The van der Waals surface area contributed by atoms with Crippen molar-refractivity contribution in [2.75, 3.05) is 9.80 Å². The third-order valence-electron chi connectivity index (χ3n) is 21.6. The van der Waals surface area contributed by atoms with Crippen LogP contribution in [0.4, 0.5) is 34.1 Å². The van der Waals surface area contributed by atoms with Crippen molar-refractivity contribution in [3.63, 3.8) is 0 Å². The highest BCUT2D eigenvalue weighted by molar-refractivity contribution is 6.29. The van der Waals surface area contributed by atoms with Crippen molar-refractivity contribution >= 4 is 110 Å². The van der Waals surface area contributed by atoms with E-state index in [9.17, 15) is 0 Å². The Bertz CT molecular complexity index is 6110. The number of benzene rings is 14. The van der Waals surface area contributed by atoms with Crippen LogP contribution in [0.25, 0.3) is 121 Å². The molecule has 20 rings (SSSR count). The number of anilines is 6. The van der Waals surface area contributed by atoms with E-state index in [-0.39, 0.29) is 5.41 Å². The average Bonchev–Trinajstić information content (AvgIpc) is 1.52. The van der Waals surface area contributed by atoms with Gasteiger partial charge in [-0.3, -0.25) is 0 Å². The van der Waals surface area contributed by atoms with E-state index < -0.39 is 5.41 Å². The Morgan fingerprint density at radius 2 is 0.713 bits per heavy atom. The van der Waals surface area contributed by atoms with Gasteiger partial charge in [0.05, 0.1) is 44.5 Å². The van der Waals surface area contributed by atoms with Crippen LogP contribution >= 0.6 is 0 Å². The van der Waals surface area contributed by atoms with Crippen molar-refractivity contribution in [2.45, 2.75) is 38.0 Å². The number of hydrogen-bond acceptors (Lipinski definition) is 2. The van der Waals surface area contributed by atoms with Gasteiger partial charge < -0.3 is 18.6 Å². The largest absolute Gasteiger partial charge is 0.310 e. The van der Waals surface area contributed by atoms with E-state index in [0.29, 0.717) is 0 Å². The molecule has 0 radical (unpaired) electrons. The molecule has 0 spiro atoms. The average molecular weight is 1200 g/mol. The number of nitrogens with zero attached hydrogens (tertiary/aromatic N) is 4. The van der Waals surface area contributed by atoms with Crippen molar-refractivity contribution < 1.29 is 0 Å². The molecule has 1 unspecified atom stereocenters. The van der Waals surface area contributed by atoms with Gasteiger partial charge in [0.1, 0.15) is 0 Å². The summed E-state index contributed by atoms with van der Waals surface area (Å²) in [6, 6.07) is 116. The Morgan fingerprint density at radius 3 is 1.34 bits per heavy atom. The van der Waals surface area contributed by atoms with Gasteiger partial charge in [-0.2, -0.15) is 0 Å². The van der Waals surface area contributed by atoms with Crippen LogP contribution in [0.5, 0.6) is 0 Å². The molecular weight excluding hydrogens is 1140 g/mol. The predicted octanol–water partition coefficient (Wildman–Crippen LogP) is 24.1. The summed E-state index contributed by atoms with van der Waals surface area (Å²) in [6.07, 6.45) is 0.787. The van der Waals surface area contributed by atoms with E-state index >= 15 is 0 Å². The Morgan fingerprint density at radius 1 is 0.277 bits per heavy atom. The molecule has 0 fully saturated rings. The minimum absolute atomic E-state index is 0.176. The van der Waals surface area contributed by atoms with Gasteiger partial charge in [-0.15, -0.1) is 0 Å². The third kappa shape index (κ3) is 7.34. The zero-order chi connectivity index (χ0) is 62.1. The summed E-state index contributed by atoms with van der Waals surface area (Å²) in [5.41, 5.74) is 30.4. The lowest BCUT2D eigenvalue weighted by Crippen LogP contribution is -2.24. The second-order valence-electron chi connectivity index (χ2n) is 26.9. The molecule has 4 aromatic heterocycles. The summed E-state index contributed by atoms with van der Waals surface area (Å²) < 4.78 is 5.12. The minimum atomic E-state index is -0.393. The molecule has 2 aliphatic rings. The lowest BCUT2D eigenvalue weighted by atomic mass is 9.75. The number of fused-ring (bicyclic) bond motifs is 18. The standard InChI is InChI=1S/C90H62N4/c1-89(2)75-32-15-10-26-65(75)67-47-45-64(54-78(67)89)92(62-43-39-59(40-44-62)57-23-8-5-9-24-57)83-52-49-71-69-29-13-18-35-80(69)94-86-60(25-20-31-73(86)85(83)88(71)94)55-90(3)76-33-16-11-27-66(76)74-53-63(46-50-77(74)90)91(61-41-37-58(38-42-61)56-21-6-4-7-22-56)82-51-48-70-68-28-12-17-34-79(68)93-81-36-19-14-30-72(81)84(82)87(70)93/h4-54H,55H2,1-3H3. The molecule has 442 valence electrons. The first-order chi connectivity index (χ1) is 46.3. The van der Waals surface area contributed by atoms with E-state index in [1.54, 1.807) is 0 Å². The molecule has 2 aliphatic carbocycles. The number of rotatable bonds is 10. The lowest BCUT2D eigenvalue weighted by Gasteiger charge is -2.30. The predicted molar refractivity (Wildman–Crippen MR) is 396 cm³/mol. The quantitative estimate of drug-likeness (QED) is 0.136. The van der Waals surface area contributed by atoms with Gasteiger partial charge in [0.15, 0.2) is 0 Å². The summed E-state index contributed by atoms with van der Waals surface area (Å²) in [4.78, 5) is 5.07. The molecular formula is C90H62N4. The SMILES string of the molecule is CC1(C)c2ccccc2-c2ccc(N(c3ccc(-c4ccccc4)cc3)c3ccc4c5ccccc5n5c6c(CC7(C)c8ccccc8-c8cc(N(c9ccc(-c%10ccccc%10)cc9)c9ccc%10c%11ccccc%11n%11c%12ccccc%12c9c%10%11)ccc87)cccc6c3c45)cc21. The molecule has 14 aromatic carbocycles. The smallest absolute Gasteiger partial charge is 0.0641 e. The first kappa shape index (κ1) is 53.0. The van der Waals surface area contributed by atoms with E-state index in [2.05, 4.69) is 349 Å². The Kier molecular flexibility index (Phi) is 11.1. The Balaban J connectivity index is 0.774. The van der Waals surface area contributed by atoms with Crippen molar-refractivity contribution in [3.8, 4) is 44.5 Å². The fourth-order valence-electron chi connectivity index (χ4n) is 17.4. The number of para-hydroxylation sites is 4. The number of aromatic nitrogens is 2. The summed E-state index contributed by atoms with van der Waals surface area (Å²) in [6.45, 7) is 7.28. The van der Waals surface area contributed by atoms with Gasteiger partial charge in [-0.1, -0.05) is 251 Å². The molecule has 0 aliphatic heterocycles. The highest BCUT2D eigenvalue weighted by atomic mass is 15.2. The monoisotopic (exact) mass is 1200 g/mol. The normalized spacial score (nSPS) is 14.7. The second kappa shape index (κ2) is 19.6. The lowest BCUT2D eigenvalue weighted by molar-refractivity contribution is 0.585. The zero-order valence-electron chi connectivity index (χ0n) is 52.4. The fraction of sp³-hybridized carbons (Fsp3) is 0.0667. The van der Waals surface area contributed by atoms with Crippen LogP contribution in [-0.2, 0) is 17.3 Å². The zero-order valence-corrected chi connectivity index (χ0v) is 52.4. The highest BCUT2D eigenvalue weighted by Gasteiger charge is 2.42. The summed E-state index contributed by atoms with van der Waals surface area (Å²) in [5.74, 6) is 0. The van der Waals surface area contributed by atoms with Crippen LogP contribution in [0.15, 0.2) is 309 Å². The molecule has 0 saturated carbocycles. The van der Waals surface area contributed by atoms with Crippen LogP contribution in [0.2, 0.25) is 0 Å². The van der Waals surface area contributed by atoms with Gasteiger partial charge >= 0.3 is 0 Å². The summed E-state index contributed by atoms with van der Waals surface area (Å²) >= 11 is 0. The van der Waals surface area contributed by atoms with Gasteiger partial charge in [0.25, 0.3) is 0 Å². The Hall–Kier alpha value is -11.7. The fourth-order valence-corrected chi connectivity index (χ4v) is 17.4. The third-order valence-corrected chi connectivity index (χ3v) is 21.6. The van der Waals surface area contributed by atoms with Gasteiger partial charge in [-0.25, -0.2) is 0 Å². The van der Waals surface area contributed by atoms with Crippen LogP contribution in [0, 0.1) is 0 Å². The molecule has 0 saturated heterocycles. The molecule has 18 aromatic rings. The second-order valence-corrected chi connectivity index (χ2v) is 26.9.